The van der Waals surface area contributed by atoms with Crippen molar-refractivity contribution in [1.29, 1.82) is 0 Å². The van der Waals surface area contributed by atoms with Gasteiger partial charge < -0.3 is 4.90 Å². The number of benzene rings is 1. The molecule has 1 heterocycles. The molecule has 1 saturated carbocycles. The molecule has 0 radical (unpaired) electrons. The Morgan fingerprint density at radius 3 is 2.50 bits per heavy atom. The quantitative estimate of drug-likeness (QED) is 0.914. The lowest BCUT2D eigenvalue weighted by Crippen LogP contribution is -2.36. The number of nitrogens with zero attached hydrogens (tertiary/aromatic N) is 1. The molecule has 3 nitrogen and oxygen atoms in total. The summed E-state index contributed by atoms with van der Waals surface area (Å²) >= 11 is 0. The third kappa shape index (κ3) is 2.47. The molecule has 1 amide bonds. The Hall–Kier alpha value is -1.35. The molecular weight excluding hydrogens is 248 g/mol. The molecular formula is C17H24N2O. The van der Waals surface area contributed by atoms with E-state index >= 15 is 0 Å². The first-order valence-electron chi connectivity index (χ1n) is 7.62. The first-order valence-corrected chi connectivity index (χ1v) is 7.62. The zero-order valence-corrected chi connectivity index (χ0v) is 12.6. The molecule has 3 heteroatoms. The monoisotopic (exact) mass is 272 g/mol. The van der Waals surface area contributed by atoms with E-state index in [1.54, 1.807) is 0 Å². The maximum absolute atomic E-state index is 12.7. The highest BCUT2D eigenvalue weighted by molar-refractivity contribution is 5.85. The molecule has 2 atom stereocenters. The van der Waals surface area contributed by atoms with Crippen LogP contribution in [0.25, 0.3) is 0 Å². The van der Waals surface area contributed by atoms with Gasteiger partial charge in [-0.1, -0.05) is 51.1 Å². The number of nitrogens with one attached hydrogen (secondary N) is 1. The van der Waals surface area contributed by atoms with E-state index in [0.29, 0.717) is 11.3 Å². The minimum Gasteiger partial charge on any atom is -0.321 e. The summed E-state index contributed by atoms with van der Waals surface area (Å²) in [5.74, 6) is 0.590. The summed E-state index contributed by atoms with van der Waals surface area (Å²) in [5, 5.41) is 3.53. The zero-order chi connectivity index (χ0) is 14.3. The summed E-state index contributed by atoms with van der Waals surface area (Å²) in [6, 6.07) is 10.3. The Morgan fingerprint density at radius 2 is 1.95 bits per heavy atom. The highest BCUT2D eigenvalue weighted by Gasteiger charge is 2.47. The van der Waals surface area contributed by atoms with Crippen LogP contribution in [-0.4, -0.2) is 23.4 Å². The number of hydrogen-bond acceptors (Lipinski definition) is 2. The van der Waals surface area contributed by atoms with Crippen molar-refractivity contribution < 1.29 is 4.79 Å². The normalized spacial score (nSPS) is 28.2. The van der Waals surface area contributed by atoms with Gasteiger partial charge in [-0.3, -0.25) is 10.1 Å². The molecule has 0 spiro atoms. The summed E-state index contributed by atoms with van der Waals surface area (Å²) in [6.07, 6.45) is 2.52. The smallest absolute Gasteiger partial charge is 0.241 e. The van der Waals surface area contributed by atoms with Gasteiger partial charge in [-0.05, 0) is 29.7 Å². The third-order valence-corrected chi connectivity index (χ3v) is 4.64. The van der Waals surface area contributed by atoms with Crippen LogP contribution in [0.15, 0.2) is 30.3 Å². The summed E-state index contributed by atoms with van der Waals surface area (Å²) in [4.78, 5) is 14.8. The van der Waals surface area contributed by atoms with Gasteiger partial charge in [0.05, 0.1) is 6.04 Å². The van der Waals surface area contributed by atoms with Gasteiger partial charge in [0, 0.05) is 6.54 Å². The van der Waals surface area contributed by atoms with Crippen LogP contribution in [0.4, 0.5) is 0 Å². The van der Waals surface area contributed by atoms with Crippen LogP contribution in [0.5, 0.6) is 0 Å². The van der Waals surface area contributed by atoms with Crippen molar-refractivity contribution >= 4 is 5.91 Å². The van der Waals surface area contributed by atoms with Crippen LogP contribution in [-0.2, 0) is 4.79 Å². The van der Waals surface area contributed by atoms with E-state index < -0.39 is 0 Å². The fourth-order valence-electron chi connectivity index (χ4n) is 2.98. The van der Waals surface area contributed by atoms with Gasteiger partial charge in [0.2, 0.25) is 5.91 Å². The van der Waals surface area contributed by atoms with E-state index in [0.717, 1.165) is 6.54 Å². The standard InChI is InChI=1S/C17H24N2O/c1-12(2)14-16(20)19(11-17(3)9-10-17)15(18-14)13-7-5-4-6-8-13/h4-8,12,14-15,18H,9-11H2,1-3H3. The zero-order valence-electron chi connectivity index (χ0n) is 12.6. The van der Waals surface area contributed by atoms with Crippen molar-refractivity contribution in [3.8, 4) is 0 Å². The van der Waals surface area contributed by atoms with E-state index in [1.807, 2.05) is 18.2 Å². The summed E-state index contributed by atoms with van der Waals surface area (Å²) in [5.41, 5.74) is 1.53. The van der Waals surface area contributed by atoms with Gasteiger partial charge in [0.15, 0.2) is 0 Å². The second-order valence-corrected chi connectivity index (χ2v) is 6.98. The van der Waals surface area contributed by atoms with Crippen LogP contribution in [0.2, 0.25) is 0 Å². The van der Waals surface area contributed by atoms with Gasteiger partial charge in [-0.25, -0.2) is 0 Å². The fourth-order valence-corrected chi connectivity index (χ4v) is 2.98. The van der Waals surface area contributed by atoms with Gasteiger partial charge in [-0.2, -0.15) is 0 Å². The van der Waals surface area contributed by atoms with Crippen LogP contribution in [0.1, 0.15) is 45.3 Å². The molecule has 1 aromatic carbocycles. The Labute approximate surface area is 121 Å². The molecule has 1 saturated heterocycles. The summed E-state index contributed by atoms with van der Waals surface area (Å²) in [6.45, 7) is 7.38. The van der Waals surface area contributed by atoms with E-state index in [2.05, 4.69) is 43.1 Å². The van der Waals surface area contributed by atoms with Crippen LogP contribution in [0.3, 0.4) is 0 Å². The molecule has 2 unspecified atom stereocenters. The van der Waals surface area contributed by atoms with Crippen molar-refractivity contribution in [1.82, 2.24) is 10.2 Å². The Bertz CT molecular complexity index is 493. The van der Waals surface area contributed by atoms with E-state index in [9.17, 15) is 4.79 Å². The van der Waals surface area contributed by atoms with Crippen LogP contribution >= 0.6 is 0 Å². The van der Waals surface area contributed by atoms with E-state index in [-0.39, 0.29) is 18.1 Å². The molecule has 108 valence electrons. The van der Waals surface area contributed by atoms with Crippen molar-refractivity contribution in [3.63, 3.8) is 0 Å². The number of amides is 1. The van der Waals surface area contributed by atoms with Gasteiger partial charge in [0.1, 0.15) is 6.17 Å². The minimum absolute atomic E-state index is 0.0357. The van der Waals surface area contributed by atoms with Crippen molar-refractivity contribution in [2.75, 3.05) is 6.54 Å². The highest BCUT2D eigenvalue weighted by Crippen LogP contribution is 2.47. The molecule has 0 aromatic heterocycles. The highest BCUT2D eigenvalue weighted by atomic mass is 16.2. The Morgan fingerprint density at radius 1 is 1.30 bits per heavy atom. The average Bonchev–Trinajstić information content (AvgIpc) is 3.07. The molecule has 0 bridgehead atoms. The van der Waals surface area contributed by atoms with Crippen molar-refractivity contribution in [3.05, 3.63) is 35.9 Å². The molecule has 2 fully saturated rings. The van der Waals surface area contributed by atoms with Gasteiger partial charge in [-0.15, -0.1) is 0 Å². The Balaban J connectivity index is 1.87. The summed E-state index contributed by atoms with van der Waals surface area (Å²) < 4.78 is 0. The fraction of sp³-hybridized carbons (Fsp3) is 0.588. The van der Waals surface area contributed by atoms with Gasteiger partial charge in [0.25, 0.3) is 0 Å². The van der Waals surface area contributed by atoms with Gasteiger partial charge >= 0.3 is 0 Å². The lowest BCUT2D eigenvalue weighted by atomic mass is 10.0. The first-order chi connectivity index (χ1) is 9.50. The molecule has 1 N–H and O–H groups in total. The first kappa shape index (κ1) is 13.6. The SMILES string of the molecule is CC(C)C1NC(c2ccccc2)N(CC2(C)CC2)C1=O. The minimum atomic E-state index is -0.0532. The van der Waals surface area contributed by atoms with Crippen molar-refractivity contribution in [2.45, 2.75) is 45.8 Å². The van der Waals surface area contributed by atoms with E-state index in [4.69, 9.17) is 0 Å². The Kier molecular flexibility index (Phi) is 3.33. The predicted molar refractivity (Wildman–Crippen MR) is 80.0 cm³/mol. The van der Waals surface area contributed by atoms with E-state index in [1.165, 1.54) is 18.4 Å². The topological polar surface area (TPSA) is 32.3 Å². The molecule has 3 rings (SSSR count). The predicted octanol–water partition coefficient (Wildman–Crippen LogP) is 2.94. The average molecular weight is 272 g/mol. The molecule has 2 aliphatic rings. The number of hydrogen-bond donors (Lipinski definition) is 1. The van der Waals surface area contributed by atoms with Crippen LogP contribution < -0.4 is 5.32 Å². The summed E-state index contributed by atoms with van der Waals surface area (Å²) in [7, 11) is 0. The third-order valence-electron chi connectivity index (χ3n) is 4.64. The number of carbonyl (C=O) groups is 1. The number of rotatable bonds is 4. The molecule has 20 heavy (non-hydrogen) atoms. The van der Waals surface area contributed by atoms with Crippen LogP contribution in [0, 0.1) is 11.3 Å². The lowest BCUT2D eigenvalue weighted by Gasteiger charge is -2.27. The molecule has 1 aromatic rings. The maximum Gasteiger partial charge on any atom is 0.241 e. The van der Waals surface area contributed by atoms with Crippen molar-refractivity contribution in [2.24, 2.45) is 11.3 Å². The largest absolute Gasteiger partial charge is 0.321 e. The lowest BCUT2D eigenvalue weighted by molar-refractivity contribution is -0.131. The molecule has 1 aliphatic heterocycles. The molecule has 1 aliphatic carbocycles. The number of carbonyl (C=O) groups excluding carboxylic acids is 1. The second kappa shape index (κ2) is 4.88. The second-order valence-electron chi connectivity index (χ2n) is 6.98. The maximum atomic E-state index is 12.7.